The highest BCUT2D eigenvalue weighted by Crippen LogP contribution is 2.28. The Bertz CT molecular complexity index is 565. The third kappa shape index (κ3) is 6.61. The molecule has 1 aliphatic carbocycles. The molecule has 0 radical (unpaired) electrons. The number of hydrogen-bond donors (Lipinski definition) is 2. The summed E-state index contributed by atoms with van der Waals surface area (Å²) in [5, 5.41) is 11.0. The minimum Gasteiger partial charge on any atom is -0.356 e. The summed E-state index contributed by atoms with van der Waals surface area (Å²) in [7, 11) is 3.50. The van der Waals surface area contributed by atoms with E-state index in [4.69, 9.17) is 0 Å². The third-order valence-electron chi connectivity index (χ3n) is 4.27. The van der Waals surface area contributed by atoms with Crippen molar-refractivity contribution in [2.75, 3.05) is 39.2 Å². The fourth-order valence-corrected chi connectivity index (χ4v) is 3.06. The van der Waals surface area contributed by atoms with Crippen molar-refractivity contribution in [3.8, 4) is 0 Å². The SMILES string of the molecule is CSCCNC(=NCc1ccn(C2CCCC2)n1)NCC(=O)N(C)C. The smallest absolute Gasteiger partial charge is 0.241 e. The number of likely N-dealkylation sites (N-methyl/N-ethyl adjacent to an activating group) is 1. The molecule has 1 heterocycles. The van der Waals surface area contributed by atoms with Crippen LogP contribution in [0.2, 0.25) is 0 Å². The fraction of sp³-hybridized carbons (Fsp3) is 0.706. The fourth-order valence-electron chi connectivity index (χ4n) is 2.76. The first-order chi connectivity index (χ1) is 12.1. The van der Waals surface area contributed by atoms with Gasteiger partial charge in [-0.1, -0.05) is 12.8 Å². The lowest BCUT2D eigenvalue weighted by Crippen LogP contribution is -2.43. The number of guanidine groups is 1. The average Bonchev–Trinajstić information content (AvgIpc) is 3.27. The first-order valence-electron chi connectivity index (χ1n) is 8.85. The predicted octanol–water partition coefficient (Wildman–Crippen LogP) is 1.48. The van der Waals surface area contributed by atoms with E-state index in [2.05, 4.69) is 37.9 Å². The number of thioether (sulfide) groups is 1. The molecule has 140 valence electrons. The molecular weight excluding hydrogens is 336 g/mol. The van der Waals surface area contributed by atoms with Gasteiger partial charge in [0.05, 0.1) is 24.8 Å². The molecule has 0 saturated heterocycles. The van der Waals surface area contributed by atoms with Crippen molar-refractivity contribution in [3.05, 3.63) is 18.0 Å². The maximum atomic E-state index is 11.8. The highest BCUT2D eigenvalue weighted by molar-refractivity contribution is 7.98. The van der Waals surface area contributed by atoms with Crippen LogP contribution in [-0.4, -0.2) is 65.7 Å². The van der Waals surface area contributed by atoms with E-state index in [-0.39, 0.29) is 12.5 Å². The van der Waals surface area contributed by atoms with E-state index < -0.39 is 0 Å². The largest absolute Gasteiger partial charge is 0.356 e. The molecule has 0 spiro atoms. The van der Waals surface area contributed by atoms with Gasteiger partial charge in [0.1, 0.15) is 0 Å². The molecule has 1 saturated carbocycles. The van der Waals surface area contributed by atoms with Gasteiger partial charge in [-0.2, -0.15) is 16.9 Å². The number of nitrogens with one attached hydrogen (secondary N) is 2. The van der Waals surface area contributed by atoms with Crippen LogP contribution in [0.3, 0.4) is 0 Å². The molecular formula is C17H30N6OS. The van der Waals surface area contributed by atoms with Crippen LogP contribution in [0.4, 0.5) is 0 Å². The van der Waals surface area contributed by atoms with Crippen LogP contribution in [0.5, 0.6) is 0 Å². The summed E-state index contributed by atoms with van der Waals surface area (Å²) >= 11 is 1.77. The van der Waals surface area contributed by atoms with Gasteiger partial charge in [-0.3, -0.25) is 9.48 Å². The Labute approximate surface area is 154 Å². The number of carbonyl (C=O) groups is 1. The van der Waals surface area contributed by atoms with Crippen LogP contribution in [0.1, 0.15) is 37.4 Å². The topological polar surface area (TPSA) is 74.5 Å². The number of aromatic nitrogens is 2. The van der Waals surface area contributed by atoms with Crippen molar-refractivity contribution in [2.24, 2.45) is 4.99 Å². The van der Waals surface area contributed by atoms with Crippen molar-refractivity contribution in [1.29, 1.82) is 0 Å². The molecule has 7 nitrogen and oxygen atoms in total. The van der Waals surface area contributed by atoms with Crippen LogP contribution in [-0.2, 0) is 11.3 Å². The lowest BCUT2D eigenvalue weighted by atomic mass is 10.3. The summed E-state index contributed by atoms with van der Waals surface area (Å²) < 4.78 is 2.08. The lowest BCUT2D eigenvalue weighted by Gasteiger charge is -2.14. The normalized spacial score (nSPS) is 15.4. The van der Waals surface area contributed by atoms with E-state index in [0.29, 0.717) is 18.5 Å². The third-order valence-corrected chi connectivity index (χ3v) is 4.88. The zero-order valence-electron chi connectivity index (χ0n) is 15.5. The molecule has 0 aliphatic heterocycles. The van der Waals surface area contributed by atoms with E-state index in [1.54, 1.807) is 30.8 Å². The Morgan fingerprint density at radius 1 is 1.40 bits per heavy atom. The lowest BCUT2D eigenvalue weighted by molar-refractivity contribution is -0.127. The summed E-state index contributed by atoms with van der Waals surface area (Å²) in [5.41, 5.74) is 0.955. The van der Waals surface area contributed by atoms with Crippen molar-refractivity contribution in [3.63, 3.8) is 0 Å². The van der Waals surface area contributed by atoms with Crippen molar-refractivity contribution >= 4 is 23.6 Å². The predicted molar refractivity (Wildman–Crippen MR) is 104 cm³/mol. The molecule has 25 heavy (non-hydrogen) atoms. The van der Waals surface area contributed by atoms with Crippen LogP contribution >= 0.6 is 11.8 Å². The summed E-state index contributed by atoms with van der Waals surface area (Å²) in [5.74, 6) is 1.66. The van der Waals surface area contributed by atoms with Crippen LogP contribution in [0, 0.1) is 0 Å². The van der Waals surface area contributed by atoms with Gasteiger partial charge >= 0.3 is 0 Å². The van der Waals surface area contributed by atoms with Gasteiger partial charge < -0.3 is 15.5 Å². The highest BCUT2D eigenvalue weighted by atomic mass is 32.2. The van der Waals surface area contributed by atoms with E-state index in [0.717, 1.165) is 18.0 Å². The molecule has 0 aromatic carbocycles. The van der Waals surface area contributed by atoms with E-state index in [9.17, 15) is 4.79 Å². The Morgan fingerprint density at radius 2 is 2.16 bits per heavy atom. The molecule has 8 heteroatoms. The maximum absolute atomic E-state index is 11.8. The van der Waals surface area contributed by atoms with Gasteiger partial charge in [0.15, 0.2) is 5.96 Å². The molecule has 1 aromatic heterocycles. The Morgan fingerprint density at radius 3 is 2.84 bits per heavy atom. The summed E-state index contributed by atoms with van der Waals surface area (Å²) in [6.45, 7) is 1.54. The van der Waals surface area contributed by atoms with Gasteiger partial charge in [0.2, 0.25) is 5.91 Å². The minimum absolute atomic E-state index is 0.0184. The quantitative estimate of drug-likeness (QED) is 0.414. The molecule has 0 bridgehead atoms. The Hall–Kier alpha value is -1.70. The number of hydrogen-bond acceptors (Lipinski definition) is 4. The molecule has 1 aliphatic rings. The average molecular weight is 367 g/mol. The van der Waals surface area contributed by atoms with Crippen LogP contribution in [0.25, 0.3) is 0 Å². The number of rotatable bonds is 8. The molecule has 1 amide bonds. The maximum Gasteiger partial charge on any atom is 0.241 e. The second kappa shape index (κ2) is 10.3. The van der Waals surface area contributed by atoms with Crippen molar-refractivity contribution < 1.29 is 4.79 Å². The van der Waals surface area contributed by atoms with Gasteiger partial charge in [-0.05, 0) is 25.2 Å². The Balaban J connectivity index is 1.91. The summed E-state index contributed by atoms with van der Waals surface area (Å²) in [4.78, 5) is 17.9. The van der Waals surface area contributed by atoms with Gasteiger partial charge in [0.25, 0.3) is 0 Å². The van der Waals surface area contributed by atoms with Crippen LogP contribution < -0.4 is 10.6 Å². The highest BCUT2D eigenvalue weighted by Gasteiger charge is 2.17. The van der Waals surface area contributed by atoms with E-state index in [1.165, 1.54) is 25.7 Å². The molecule has 2 N–H and O–H groups in total. The molecule has 1 fully saturated rings. The number of amides is 1. The van der Waals surface area contributed by atoms with E-state index >= 15 is 0 Å². The molecule has 0 unspecified atom stereocenters. The summed E-state index contributed by atoms with van der Waals surface area (Å²) in [6, 6.07) is 2.58. The van der Waals surface area contributed by atoms with Gasteiger partial charge in [-0.25, -0.2) is 4.99 Å². The zero-order chi connectivity index (χ0) is 18.1. The standard InChI is InChI=1S/C17H30N6OS/c1-22(2)16(24)13-20-17(18-9-11-25-3)19-12-14-8-10-23(21-14)15-6-4-5-7-15/h8,10,15H,4-7,9,11-13H2,1-3H3,(H2,18,19,20). The van der Waals surface area contributed by atoms with Gasteiger partial charge in [-0.15, -0.1) is 0 Å². The zero-order valence-corrected chi connectivity index (χ0v) is 16.3. The first-order valence-corrected chi connectivity index (χ1v) is 10.2. The van der Waals surface area contributed by atoms with Crippen molar-refractivity contribution in [2.45, 2.75) is 38.3 Å². The molecule has 0 atom stereocenters. The molecule has 2 rings (SSSR count). The van der Waals surface area contributed by atoms with Crippen LogP contribution in [0.15, 0.2) is 17.3 Å². The Kier molecular flexibility index (Phi) is 8.11. The summed E-state index contributed by atoms with van der Waals surface area (Å²) in [6.07, 6.45) is 9.17. The van der Waals surface area contributed by atoms with Crippen molar-refractivity contribution in [1.82, 2.24) is 25.3 Å². The monoisotopic (exact) mass is 366 g/mol. The number of nitrogens with zero attached hydrogens (tertiary/aromatic N) is 4. The van der Waals surface area contributed by atoms with E-state index in [1.807, 2.05) is 6.07 Å². The van der Waals surface area contributed by atoms with Gasteiger partial charge in [0, 0.05) is 32.6 Å². The minimum atomic E-state index is 0.0184. The molecule has 1 aromatic rings. The number of aliphatic imine (C=N–C) groups is 1. The first kappa shape index (κ1) is 19.6. The second-order valence-electron chi connectivity index (χ2n) is 6.45. The second-order valence-corrected chi connectivity index (χ2v) is 7.44. The number of carbonyl (C=O) groups excluding carboxylic acids is 1.